The highest BCUT2D eigenvalue weighted by molar-refractivity contribution is 6.00. The van der Waals surface area contributed by atoms with Crippen molar-refractivity contribution in [3.63, 3.8) is 0 Å². The molecule has 0 spiro atoms. The van der Waals surface area contributed by atoms with Crippen LogP contribution in [-0.2, 0) is 0 Å². The van der Waals surface area contributed by atoms with E-state index in [-0.39, 0.29) is 0 Å². The summed E-state index contributed by atoms with van der Waals surface area (Å²) in [7, 11) is 1.97. The fraction of sp³-hybridized carbons (Fsp3) is 0.261. The molecular weight excluding hydrogens is 318 g/mol. The fourth-order valence-corrected chi connectivity index (χ4v) is 3.18. The van der Waals surface area contributed by atoms with Gasteiger partial charge in [0.05, 0.1) is 11.2 Å². The number of aryl methyl sites for hydroxylation is 1. The number of benzene rings is 1. The van der Waals surface area contributed by atoms with Gasteiger partial charge in [0.25, 0.3) is 0 Å². The van der Waals surface area contributed by atoms with Crippen LogP contribution < -0.4 is 11.1 Å². The number of hydrogen-bond acceptors (Lipinski definition) is 3. The highest BCUT2D eigenvalue weighted by Crippen LogP contribution is 2.34. The molecule has 26 heavy (non-hydrogen) atoms. The van der Waals surface area contributed by atoms with Crippen LogP contribution >= 0.6 is 0 Å². The van der Waals surface area contributed by atoms with Crippen LogP contribution in [-0.4, -0.2) is 12.0 Å². The Kier molecular flexibility index (Phi) is 7.22. The minimum absolute atomic E-state index is 0.853. The van der Waals surface area contributed by atoms with Crippen molar-refractivity contribution in [2.45, 2.75) is 33.6 Å². The molecule has 2 aromatic rings. The Morgan fingerprint density at radius 1 is 1.27 bits per heavy atom. The highest BCUT2D eigenvalue weighted by atomic mass is 14.9. The van der Waals surface area contributed by atoms with E-state index in [1.807, 2.05) is 33.0 Å². The Bertz CT molecular complexity index is 871. The lowest BCUT2D eigenvalue weighted by atomic mass is 9.95. The van der Waals surface area contributed by atoms with Gasteiger partial charge < -0.3 is 11.1 Å². The number of hydrogen-bond donors (Lipinski definition) is 2. The molecule has 0 aliphatic rings. The molecule has 0 fully saturated rings. The topological polar surface area (TPSA) is 50.9 Å². The molecule has 136 valence electrons. The van der Waals surface area contributed by atoms with Crippen molar-refractivity contribution in [2.75, 3.05) is 12.4 Å². The number of aromatic nitrogens is 1. The van der Waals surface area contributed by atoms with Gasteiger partial charge in [0, 0.05) is 23.7 Å². The first-order valence-electron chi connectivity index (χ1n) is 9.13. The van der Waals surface area contributed by atoms with Crippen molar-refractivity contribution in [1.29, 1.82) is 0 Å². The first kappa shape index (κ1) is 19.5. The number of nitrogens with zero attached hydrogens (tertiary/aromatic N) is 1. The molecule has 0 radical (unpaired) electrons. The second-order valence-electron chi connectivity index (χ2n) is 6.14. The van der Waals surface area contributed by atoms with Gasteiger partial charge in [-0.3, -0.25) is 4.98 Å². The number of fused-ring (bicyclic) bond motifs is 1. The molecule has 0 saturated carbocycles. The van der Waals surface area contributed by atoms with Gasteiger partial charge in [-0.05, 0) is 56.2 Å². The van der Waals surface area contributed by atoms with Crippen LogP contribution in [0, 0.1) is 6.92 Å². The number of pyridine rings is 1. The Hall–Kier alpha value is -2.81. The minimum atomic E-state index is 0.853. The van der Waals surface area contributed by atoms with E-state index in [2.05, 4.69) is 54.7 Å². The van der Waals surface area contributed by atoms with E-state index in [0.29, 0.717) is 0 Å². The second-order valence-corrected chi connectivity index (χ2v) is 6.14. The predicted molar refractivity (Wildman–Crippen MR) is 116 cm³/mol. The molecular formula is C23H29N3. The number of allylic oxidation sites excluding steroid dienone is 6. The zero-order valence-corrected chi connectivity index (χ0v) is 16.2. The first-order chi connectivity index (χ1) is 12.7. The summed E-state index contributed by atoms with van der Waals surface area (Å²) in [6.07, 6.45) is 15.8. The van der Waals surface area contributed by atoms with Crippen molar-refractivity contribution in [1.82, 2.24) is 4.98 Å². The van der Waals surface area contributed by atoms with Gasteiger partial charge in [-0.25, -0.2) is 0 Å². The molecule has 1 aromatic carbocycles. The van der Waals surface area contributed by atoms with Gasteiger partial charge in [0.2, 0.25) is 0 Å². The lowest BCUT2D eigenvalue weighted by Gasteiger charge is -2.16. The molecule has 1 aromatic heterocycles. The van der Waals surface area contributed by atoms with E-state index in [0.717, 1.165) is 29.7 Å². The summed E-state index contributed by atoms with van der Waals surface area (Å²) in [4.78, 5) is 4.83. The van der Waals surface area contributed by atoms with Crippen LogP contribution in [0.1, 0.15) is 43.5 Å². The van der Waals surface area contributed by atoms with E-state index >= 15 is 0 Å². The Morgan fingerprint density at radius 2 is 2.08 bits per heavy atom. The Labute approximate surface area is 157 Å². The minimum Gasteiger partial charge on any atom is -0.405 e. The first-order valence-corrected chi connectivity index (χ1v) is 9.13. The quantitative estimate of drug-likeness (QED) is 0.620. The van der Waals surface area contributed by atoms with Crippen LogP contribution in [0.15, 0.2) is 54.8 Å². The number of nitrogens with two attached hydrogens (primary N) is 1. The maximum Gasteiger partial charge on any atom is 0.0948 e. The van der Waals surface area contributed by atoms with Crippen molar-refractivity contribution >= 4 is 28.2 Å². The average Bonchev–Trinajstić information content (AvgIpc) is 2.63. The molecule has 0 unspecified atom stereocenters. The zero-order chi connectivity index (χ0) is 18.9. The van der Waals surface area contributed by atoms with E-state index in [4.69, 9.17) is 10.7 Å². The molecule has 0 bridgehead atoms. The maximum absolute atomic E-state index is 5.41. The largest absolute Gasteiger partial charge is 0.405 e. The third-order valence-corrected chi connectivity index (χ3v) is 4.23. The monoisotopic (exact) mass is 347 g/mol. The van der Waals surface area contributed by atoms with Crippen molar-refractivity contribution in [3.05, 3.63) is 71.6 Å². The molecule has 0 aliphatic heterocycles. The molecule has 0 amide bonds. The fourth-order valence-electron chi connectivity index (χ4n) is 3.18. The van der Waals surface area contributed by atoms with Crippen LogP contribution in [0.5, 0.6) is 0 Å². The summed E-state index contributed by atoms with van der Waals surface area (Å²) in [5, 5.41) is 4.56. The van der Waals surface area contributed by atoms with Crippen LogP contribution in [0.2, 0.25) is 0 Å². The number of rotatable bonds is 7. The third kappa shape index (κ3) is 4.42. The predicted octanol–water partition coefficient (Wildman–Crippen LogP) is 5.83. The van der Waals surface area contributed by atoms with Crippen molar-refractivity contribution in [3.8, 4) is 0 Å². The smallest absolute Gasteiger partial charge is 0.0948 e. The van der Waals surface area contributed by atoms with E-state index < -0.39 is 0 Å². The summed E-state index contributed by atoms with van der Waals surface area (Å²) in [6.45, 7) is 6.25. The van der Waals surface area contributed by atoms with Crippen molar-refractivity contribution in [2.24, 2.45) is 5.73 Å². The SMILES string of the molecule is C/C=C/c1cc(C)nc2c(NC)c(/C(=C\CC)C/C=C\C=C/N)ccc12. The molecule has 0 atom stereocenters. The summed E-state index contributed by atoms with van der Waals surface area (Å²) in [5.41, 5.74) is 12.2. The second kappa shape index (κ2) is 9.62. The zero-order valence-electron chi connectivity index (χ0n) is 16.2. The van der Waals surface area contributed by atoms with E-state index in [9.17, 15) is 0 Å². The van der Waals surface area contributed by atoms with Gasteiger partial charge in [-0.2, -0.15) is 0 Å². The normalized spacial score (nSPS) is 12.8. The molecule has 1 heterocycles. The van der Waals surface area contributed by atoms with E-state index in [1.165, 1.54) is 22.1 Å². The highest BCUT2D eigenvalue weighted by Gasteiger charge is 2.13. The average molecular weight is 348 g/mol. The molecule has 3 nitrogen and oxygen atoms in total. The summed E-state index contributed by atoms with van der Waals surface area (Å²) < 4.78 is 0. The maximum atomic E-state index is 5.41. The van der Waals surface area contributed by atoms with Crippen molar-refractivity contribution < 1.29 is 0 Å². The molecule has 2 rings (SSSR count). The lowest BCUT2D eigenvalue weighted by molar-refractivity contribution is 1.20. The number of nitrogens with one attached hydrogen (secondary N) is 1. The van der Waals surface area contributed by atoms with Crippen LogP contribution in [0.3, 0.4) is 0 Å². The van der Waals surface area contributed by atoms with Crippen LogP contribution in [0.25, 0.3) is 22.6 Å². The van der Waals surface area contributed by atoms with Gasteiger partial charge >= 0.3 is 0 Å². The standard InChI is InChI=1S/C23H29N3/c1-5-10-18(12-8-7-9-15-24)20-13-14-21-19(11-6-2)16-17(3)26-23(21)22(20)25-4/h6-11,13-16,25H,5,12,24H2,1-4H3/b8-7-,11-6+,15-9-,18-10-. The molecule has 3 N–H and O–H groups in total. The van der Waals surface area contributed by atoms with Gasteiger partial charge in [0.1, 0.15) is 0 Å². The summed E-state index contributed by atoms with van der Waals surface area (Å²) in [6, 6.07) is 6.51. The Morgan fingerprint density at radius 3 is 2.73 bits per heavy atom. The molecule has 3 heteroatoms. The van der Waals surface area contributed by atoms with Gasteiger partial charge in [-0.15, -0.1) is 0 Å². The van der Waals surface area contributed by atoms with Crippen LogP contribution in [0.4, 0.5) is 5.69 Å². The van der Waals surface area contributed by atoms with Gasteiger partial charge in [-0.1, -0.05) is 49.4 Å². The molecule has 0 aliphatic carbocycles. The number of anilines is 1. The summed E-state index contributed by atoms with van der Waals surface area (Å²) >= 11 is 0. The third-order valence-electron chi connectivity index (χ3n) is 4.23. The van der Waals surface area contributed by atoms with Gasteiger partial charge in [0.15, 0.2) is 0 Å². The summed E-state index contributed by atoms with van der Waals surface area (Å²) in [5.74, 6) is 0. The Balaban J connectivity index is 2.64. The molecule has 0 saturated heterocycles. The van der Waals surface area contributed by atoms with E-state index in [1.54, 1.807) is 6.20 Å². The lowest BCUT2D eigenvalue weighted by Crippen LogP contribution is -2.00.